The number of hydrazone groups is 1. The molecule has 1 aromatic heterocycles. The predicted molar refractivity (Wildman–Crippen MR) is 115 cm³/mol. The monoisotopic (exact) mass is 379 g/mol. The molecule has 0 fully saturated rings. The summed E-state index contributed by atoms with van der Waals surface area (Å²) in [4.78, 5) is 4.61. The number of hydrogen-bond donors (Lipinski definition) is 1. The van der Waals surface area contributed by atoms with E-state index in [1.807, 2.05) is 29.6 Å². The quantitative estimate of drug-likeness (QED) is 0.294. The molecule has 0 bridgehead atoms. The molecule has 0 atom stereocenters. The Kier molecular flexibility index (Phi) is 6.60. The molecule has 2 aromatic carbocycles. The maximum atomic E-state index is 5.67. The van der Waals surface area contributed by atoms with Gasteiger partial charge in [0.2, 0.25) is 5.13 Å². The zero-order valence-electron chi connectivity index (χ0n) is 16.0. The standard InChI is InChI=1S/C22H25N3OS/c1-4-5-12-26-20-10-7-18(8-11-20)14-23-25-22-24-21(15-27-22)19-9-6-16(2)17(3)13-19/h6-11,13-15H,4-5,12H2,1-3H3,(H,24,25)/b23-14-. The number of nitrogens with zero attached hydrogens (tertiary/aromatic N) is 2. The number of unbranched alkanes of at least 4 members (excludes halogenated alkanes) is 1. The van der Waals surface area contributed by atoms with E-state index in [0.717, 1.165) is 47.2 Å². The zero-order valence-corrected chi connectivity index (χ0v) is 16.8. The summed E-state index contributed by atoms with van der Waals surface area (Å²) < 4.78 is 5.67. The number of hydrogen-bond acceptors (Lipinski definition) is 5. The van der Waals surface area contributed by atoms with Crippen LogP contribution in [0.15, 0.2) is 52.9 Å². The third-order valence-corrected chi connectivity index (χ3v) is 5.07. The number of aromatic nitrogens is 1. The Bertz CT molecular complexity index is 900. The van der Waals surface area contributed by atoms with Gasteiger partial charge in [0.25, 0.3) is 0 Å². The van der Waals surface area contributed by atoms with Crippen LogP contribution in [0.3, 0.4) is 0 Å². The third-order valence-electron chi connectivity index (χ3n) is 4.33. The van der Waals surface area contributed by atoms with Gasteiger partial charge in [-0.1, -0.05) is 25.5 Å². The van der Waals surface area contributed by atoms with Crippen molar-refractivity contribution in [1.82, 2.24) is 4.98 Å². The minimum Gasteiger partial charge on any atom is -0.494 e. The normalized spacial score (nSPS) is 11.1. The molecular formula is C22H25N3OS. The fourth-order valence-electron chi connectivity index (χ4n) is 2.50. The first-order chi connectivity index (χ1) is 13.2. The van der Waals surface area contributed by atoms with Crippen molar-refractivity contribution in [2.24, 2.45) is 5.10 Å². The number of anilines is 1. The second kappa shape index (κ2) is 9.33. The number of aryl methyl sites for hydroxylation is 2. The molecule has 4 nitrogen and oxygen atoms in total. The molecule has 5 heteroatoms. The number of nitrogens with one attached hydrogen (secondary N) is 1. The van der Waals surface area contributed by atoms with Crippen LogP contribution in [0.1, 0.15) is 36.5 Å². The van der Waals surface area contributed by atoms with E-state index < -0.39 is 0 Å². The fourth-order valence-corrected chi connectivity index (χ4v) is 3.17. The van der Waals surface area contributed by atoms with Gasteiger partial charge in [0.1, 0.15) is 5.75 Å². The summed E-state index contributed by atoms with van der Waals surface area (Å²) >= 11 is 1.55. The van der Waals surface area contributed by atoms with E-state index in [-0.39, 0.29) is 0 Å². The minimum absolute atomic E-state index is 0.762. The molecule has 140 valence electrons. The van der Waals surface area contributed by atoms with Gasteiger partial charge in [-0.05, 0) is 67.3 Å². The first-order valence-electron chi connectivity index (χ1n) is 9.21. The predicted octanol–water partition coefficient (Wildman–Crippen LogP) is 6.05. The molecule has 1 heterocycles. The average Bonchev–Trinajstić information content (AvgIpc) is 3.14. The minimum atomic E-state index is 0.762. The second-order valence-electron chi connectivity index (χ2n) is 6.48. The van der Waals surface area contributed by atoms with Gasteiger partial charge in [-0.2, -0.15) is 5.10 Å². The largest absolute Gasteiger partial charge is 0.494 e. The highest BCUT2D eigenvalue weighted by atomic mass is 32.1. The van der Waals surface area contributed by atoms with Crippen LogP contribution in [0.25, 0.3) is 11.3 Å². The van der Waals surface area contributed by atoms with Crippen LogP contribution < -0.4 is 10.2 Å². The fraction of sp³-hybridized carbons (Fsp3) is 0.273. The highest BCUT2D eigenvalue weighted by molar-refractivity contribution is 7.14. The van der Waals surface area contributed by atoms with Crippen molar-refractivity contribution in [1.29, 1.82) is 0 Å². The van der Waals surface area contributed by atoms with Crippen molar-refractivity contribution < 1.29 is 4.74 Å². The lowest BCUT2D eigenvalue weighted by Crippen LogP contribution is -1.96. The lowest BCUT2D eigenvalue weighted by atomic mass is 10.1. The van der Waals surface area contributed by atoms with Crippen molar-refractivity contribution in [2.75, 3.05) is 12.0 Å². The molecule has 0 aliphatic carbocycles. The Morgan fingerprint density at radius 1 is 1.11 bits per heavy atom. The van der Waals surface area contributed by atoms with Crippen LogP contribution in [0.2, 0.25) is 0 Å². The Hall–Kier alpha value is -2.66. The molecule has 0 aliphatic rings. The SMILES string of the molecule is CCCCOc1ccc(/C=N\Nc2nc(-c3ccc(C)c(C)c3)cs2)cc1. The van der Waals surface area contributed by atoms with E-state index in [2.05, 4.69) is 54.5 Å². The highest BCUT2D eigenvalue weighted by Crippen LogP contribution is 2.26. The van der Waals surface area contributed by atoms with Crippen LogP contribution in [0, 0.1) is 13.8 Å². The molecular weight excluding hydrogens is 354 g/mol. The lowest BCUT2D eigenvalue weighted by Gasteiger charge is -2.04. The van der Waals surface area contributed by atoms with Gasteiger partial charge in [0.15, 0.2) is 0 Å². The number of benzene rings is 2. The number of rotatable bonds is 8. The van der Waals surface area contributed by atoms with Crippen molar-refractivity contribution in [3.8, 4) is 17.0 Å². The maximum Gasteiger partial charge on any atom is 0.203 e. The van der Waals surface area contributed by atoms with Crippen LogP contribution in [-0.4, -0.2) is 17.8 Å². The third kappa shape index (κ3) is 5.41. The topological polar surface area (TPSA) is 46.5 Å². The average molecular weight is 380 g/mol. The summed E-state index contributed by atoms with van der Waals surface area (Å²) in [5, 5.41) is 7.11. The van der Waals surface area contributed by atoms with Gasteiger partial charge in [0.05, 0.1) is 18.5 Å². The van der Waals surface area contributed by atoms with Crippen LogP contribution in [-0.2, 0) is 0 Å². The number of ether oxygens (including phenoxy) is 1. The van der Waals surface area contributed by atoms with Crippen molar-refractivity contribution in [3.63, 3.8) is 0 Å². The zero-order chi connectivity index (χ0) is 19.1. The van der Waals surface area contributed by atoms with Crippen molar-refractivity contribution >= 4 is 22.7 Å². The summed E-state index contributed by atoms with van der Waals surface area (Å²) in [7, 11) is 0. The summed E-state index contributed by atoms with van der Waals surface area (Å²) in [5.41, 5.74) is 8.68. The molecule has 0 aliphatic heterocycles. The smallest absolute Gasteiger partial charge is 0.203 e. The van der Waals surface area contributed by atoms with Crippen molar-refractivity contribution in [2.45, 2.75) is 33.6 Å². The van der Waals surface area contributed by atoms with Gasteiger partial charge in [-0.15, -0.1) is 11.3 Å². The van der Waals surface area contributed by atoms with Gasteiger partial charge < -0.3 is 4.74 Å². The first kappa shape index (κ1) is 19.1. The molecule has 0 unspecified atom stereocenters. The van der Waals surface area contributed by atoms with Gasteiger partial charge >= 0.3 is 0 Å². The van der Waals surface area contributed by atoms with E-state index in [9.17, 15) is 0 Å². The van der Waals surface area contributed by atoms with Gasteiger partial charge in [-0.25, -0.2) is 4.98 Å². The Labute approximate surface area is 164 Å². The first-order valence-corrected chi connectivity index (χ1v) is 10.1. The molecule has 1 N–H and O–H groups in total. The molecule has 0 amide bonds. The Morgan fingerprint density at radius 3 is 2.67 bits per heavy atom. The van der Waals surface area contributed by atoms with E-state index in [4.69, 9.17) is 4.74 Å². The van der Waals surface area contributed by atoms with Crippen LogP contribution in [0.4, 0.5) is 5.13 Å². The van der Waals surface area contributed by atoms with Gasteiger partial charge in [0, 0.05) is 10.9 Å². The van der Waals surface area contributed by atoms with Gasteiger partial charge in [-0.3, -0.25) is 5.43 Å². The van der Waals surface area contributed by atoms with E-state index in [0.29, 0.717) is 0 Å². The van der Waals surface area contributed by atoms with Crippen LogP contribution in [0.5, 0.6) is 5.75 Å². The maximum absolute atomic E-state index is 5.67. The molecule has 0 spiro atoms. The number of thiazole rings is 1. The summed E-state index contributed by atoms with van der Waals surface area (Å²) in [5.74, 6) is 0.895. The molecule has 3 aromatic rings. The Morgan fingerprint density at radius 2 is 1.93 bits per heavy atom. The lowest BCUT2D eigenvalue weighted by molar-refractivity contribution is 0.309. The summed E-state index contributed by atoms with van der Waals surface area (Å²) in [6, 6.07) is 14.3. The summed E-state index contributed by atoms with van der Waals surface area (Å²) in [6.07, 6.45) is 4.00. The van der Waals surface area contributed by atoms with E-state index in [1.165, 1.54) is 11.1 Å². The van der Waals surface area contributed by atoms with Crippen LogP contribution >= 0.6 is 11.3 Å². The molecule has 3 rings (SSSR count). The molecule has 0 saturated carbocycles. The van der Waals surface area contributed by atoms with E-state index >= 15 is 0 Å². The van der Waals surface area contributed by atoms with Crippen molar-refractivity contribution in [3.05, 3.63) is 64.5 Å². The molecule has 0 saturated heterocycles. The van der Waals surface area contributed by atoms with E-state index in [1.54, 1.807) is 17.6 Å². The highest BCUT2D eigenvalue weighted by Gasteiger charge is 2.05. The molecule has 27 heavy (non-hydrogen) atoms. The second-order valence-corrected chi connectivity index (χ2v) is 7.34. The molecule has 0 radical (unpaired) electrons. The Balaban J connectivity index is 1.57. The summed E-state index contributed by atoms with van der Waals surface area (Å²) in [6.45, 7) is 7.15.